The highest BCUT2D eigenvalue weighted by Gasteiger charge is 2.43. The lowest BCUT2D eigenvalue weighted by molar-refractivity contribution is 0.457. The van der Waals surface area contributed by atoms with E-state index >= 15 is 0 Å². The predicted molar refractivity (Wildman–Crippen MR) is 61.3 cm³/mol. The van der Waals surface area contributed by atoms with Gasteiger partial charge in [-0.05, 0) is 61.1 Å². The molecule has 1 nitrogen and oxygen atoms in total. The number of hydrogen-bond acceptors (Lipinski definition) is 1. The van der Waals surface area contributed by atoms with Gasteiger partial charge in [-0.15, -0.1) is 0 Å². The fraction of sp³-hybridized carbons (Fsp3) is 0.571. The highest BCUT2D eigenvalue weighted by Crippen LogP contribution is 2.53. The van der Waals surface area contributed by atoms with E-state index in [0.29, 0.717) is 11.2 Å². The molecule has 80 valence electrons. The Bertz CT molecular complexity index is 402. The summed E-state index contributed by atoms with van der Waals surface area (Å²) >= 11 is 0. The molecule has 0 unspecified atom stereocenters. The third-order valence-electron chi connectivity index (χ3n) is 4.11. The quantitative estimate of drug-likeness (QED) is 0.740. The zero-order chi connectivity index (χ0) is 10.5. The van der Waals surface area contributed by atoms with Crippen LogP contribution in [0.4, 0.5) is 0 Å². The second-order valence-electron chi connectivity index (χ2n) is 5.37. The Hall–Kier alpha value is -0.980. The number of fused-ring (bicyclic) bond motifs is 1. The first-order valence-electron chi connectivity index (χ1n) is 6.05. The van der Waals surface area contributed by atoms with Crippen molar-refractivity contribution in [3.63, 3.8) is 0 Å². The smallest absolute Gasteiger partial charge is 0.119 e. The van der Waals surface area contributed by atoms with Crippen LogP contribution in [0.5, 0.6) is 5.75 Å². The van der Waals surface area contributed by atoms with Gasteiger partial charge < -0.3 is 5.11 Å². The van der Waals surface area contributed by atoms with E-state index in [0.717, 1.165) is 0 Å². The second-order valence-corrected chi connectivity index (χ2v) is 5.37. The zero-order valence-electron chi connectivity index (χ0n) is 9.34. The first-order valence-corrected chi connectivity index (χ1v) is 6.05. The summed E-state index contributed by atoms with van der Waals surface area (Å²) in [5, 5.41) is 10.0. The molecule has 1 heteroatoms. The van der Waals surface area contributed by atoms with E-state index in [1.54, 1.807) is 0 Å². The van der Waals surface area contributed by atoms with Crippen LogP contribution in [0.3, 0.4) is 0 Å². The summed E-state index contributed by atoms with van der Waals surface area (Å²) in [5.41, 5.74) is 4.54. The number of phenolic OH excluding ortho intramolecular Hbond substituents is 1. The molecule has 0 saturated heterocycles. The minimum absolute atomic E-state index is 0.298. The van der Waals surface area contributed by atoms with Crippen molar-refractivity contribution in [2.75, 3.05) is 0 Å². The summed E-state index contributed by atoms with van der Waals surface area (Å²) in [6, 6.07) is 4.03. The molecule has 0 heterocycles. The lowest BCUT2D eigenvalue weighted by atomic mass is 9.82. The van der Waals surface area contributed by atoms with E-state index in [9.17, 15) is 5.11 Å². The van der Waals surface area contributed by atoms with Gasteiger partial charge in [-0.3, -0.25) is 0 Å². The number of phenols is 1. The Kier molecular flexibility index (Phi) is 1.86. The summed E-state index contributed by atoms with van der Waals surface area (Å²) in [7, 11) is 0. The number of rotatable bonds is 1. The molecular weight excluding hydrogens is 184 g/mol. The Morgan fingerprint density at radius 1 is 1.13 bits per heavy atom. The third-order valence-corrected chi connectivity index (χ3v) is 4.11. The standard InChI is InChI=1S/C14H18O/c1-14(8-9-14)13-11-5-3-2-4-10(11)6-7-12(13)15/h6-7,15H,2-5,8-9H2,1H3. The minimum Gasteiger partial charge on any atom is -0.508 e. The zero-order valence-corrected chi connectivity index (χ0v) is 9.34. The van der Waals surface area contributed by atoms with Crippen LogP contribution in [0.25, 0.3) is 0 Å². The molecule has 1 aromatic carbocycles. The summed E-state index contributed by atoms with van der Waals surface area (Å²) in [5.74, 6) is 0.538. The van der Waals surface area contributed by atoms with Crippen molar-refractivity contribution >= 4 is 0 Å². The summed E-state index contributed by atoms with van der Waals surface area (Å²) in [6.07, 6.45) is 7.48. The van der Waals surface area contributed by atoms with Crippen molar-refractivity contribution in [3.05, 3.63) is 28.8 Å². The molecule has 1 fully saturated rings. The van der Waals surface area contributed by atoms with Crippen LogP contribution in [0.2, 0.25) is 0 Å². The maximum atomic E-state index is 10.0. The van der Waals surface area contributed by atoms with E-state index in [-0.39, 0.29) is 0 Å². The SMILES string of the molecule is CC1(c2c(O)ccc3c2CCCC3)CC1. The van der Waals surface area contributed by atoms with Gasteiger partial charge in [0.05, 0.1) is 0 Å². The van der Waals surface area contributed by atoms with Gasteiger partial charge in [0.25, 0.3) is 0 Å². The molecule has 0 spiro atoms. The van der Waals surface area contributed by atoms with Gasteiger partial charge in [-0.1, -0.05) is 13.0 Å². The predicted octanol–water partition coefficient (Wildman–Crippen LogP) is 3.32. The van der Waals surface area contributed by atoms with Gasteiger partial charge in [0.1, 0.15) is 5.75 Å². The second kappa shape index (κ2) is 3.01. The lowest BCUT2D eigenvalue weighted by Gasteiger charge is -2.23. The Morgan fingerprint density at radius 2 is 1.87 bits per heavy atom. The van der Waals surface area contributed by atoms with Crippen LogP contribution in [-0.4, -0.2) is 5.11 Å². The van der Waals surface area contributed by atoms with Crippen molar-refractivity contribution in [1.82, 2.24) is 0 Å². The number of benzene rings is 1. The van der Waals surface area contributed by atoms with Gasteiger partial charge in [-0.2, -0.15) is 0 Å². The van der Waals surface area contributed by atoms with Crippen molar-refractivity contribution in [1.29, 1.82) is 0 Å². The van der Waals surface area contributed by atoms with Crippen molar-refractivity contribution in [2.24, 2.45) is 0 Å². The van der Waals surface area contributed by atoms with Crippen LogP contribution in [-0.2, 0) is 18.3 Å². The average Bonchev–Trinajstić information content (AvgIpc) is 2.97. The van der Waals surface area contributed by atoms with Gasteiger partial charge in [0.15, 0.2) is 0 Å². The van der Waals surface area contributed by atoms with Gasteiger partial charge in [0.2, 0.25) is 0 Å². The van der Waals surface area contributed by atoms with Crippen LogP contribution >= 0.6 is 0 Å². The molecule has 0 aromatic heterocycles. The molecule has 0 amide bonds. The molecule has 0 aliphatic heterocycles. The molecule has 1 N–H and O–H groups in total. The molecule has 2 aliphatic carbocycles. The van der Waals surface area contributed by atoms with E-state index in [1.165, 1.54) is 55.2 Å². The summed E-state index contributed by atoms with van der Waals surface area (Å²) in [6.45, 7) is 2.29. The van der Waals surface area contributed by atoms with Crippen LogP contribution < -0.4 is 0 Å². The number of hydrogen-bond donors (Lipinski definition) is 1. The molecular formula is C14H18O. The normalized spacial score (nSPS) is 22.2. The maximum Gasteiger partial charge on any atom is 0.119 e. The molecule has 2 aliphatic rings. The fourth-order valence-electron chi connectivity index (χ4n) is 2.93. The Morgan fingerprint density at radius 3 is 2.60 bits per heavy atom. The molecule has 1 saturated carbocycles. The Labute approximate surface area is 91.1 Å². The highest BCUT2D eigenvalue weighted by atomic mass is 16.3. The summed E-state index contributed by atoms with van der Waals surface area (Å²) in [4.78, 5) is 0. The highest BCUT2D eigenvalue weighted by molar-refractivity contribution is 5.51. The van der Waals surface area contributed by atoms with Crippen molar-refractivity contribution < 1.29 is 5.11 Å². The molecule has 0 atom stereocenters. The van der Waals surface area contributed by atoms with E-state index < -0.39 is 0 Å². The van der Waals surface area contributed by atoms with E-state index in [1.807, 2.05) is 6.07 Å². The van der Waals surface area contributed by atoms with E-state index in [4.69, 9.17) is 0 Å². The van der Waals surface area contributed by atoms with E-state index in [2.05, 4.69) is 13.0 Å². The lowest BCUT2D eigenvalue weighted by Crippen LogP contribution is -2.12. The van der Waals surface area contributed by atoms with Crippen molar-refractivity contribution in [2.45, 2.75) is 50.9 Å². The number of aryl methyl sites for hydroxylation is 1. The minimum atomic E-state index is 0.298. The topological polar surface area (TPSA) is 20.2 Å². The first-order chi connectivity index (χ1) is 7.21. The largest absolute Gasteiger partial charge is 0.508 e. The van der Waals surface area contributed by atoms with Crippen LogP contribution in [0.1, 0.15) is 49.3 Å². The van der Waals surface area contributed by atoms with Crippen LogP contribution in [0.15, 0.2) is 12.1 Å². The van der Waals surface area contributed by atoms with Gasteiger partial charge >= 0.3 is 0 Å². The first kappa shape index (κ1) is 9.26. The monoisotopic (exact) mass is 202 g/mol. The molecule has 0 bridgehead atoms. The van der Waals surface area contributed by atoms with Gasteiger partial charge in [-0.25, -0.2) is 0 Å². The van der Waals surface area contributed by atoms with Crippen LogP contribution in [0, 0.1) is 0 Å². The molecule has 3 rings (SSSR count). The third kappa shape index (κ3) is 1.37. The number of aromatic hydroxyl groups is 1. The molecule has 0 radical (unpaired) electrons. The average molecular weight is 202 g/mol. The van der Waals surface area contributed by atoms with Gasteiger partial charge in [0, 0.05) is 5.56 Å². The maximum absolute atomic E-state index is 10.0. The molecule has 1 aromatic rings. The molecule has 15 heavy (non-hydrogen) atoms. The van der Waals surface area contributed by atoms with Crippen molar-refractivity contribution in [3.8, 4) is 5.75 Å². The fourth-order valence-corrected chi connectivity index (χ4v) is 2.93. The Balaban J connectivity index is 2.18. The summed E-state index contributed by atoms with van der Waals surface area (Å²) < 4.78 is 0.